The Morgan fingerprint density at radius 2 is 1.67 bits per heavy atom. The molecule has 0 unspecified atom stereocenters. The van der Waals surface area contributed by atoms with E-state index in [2.05, 4.69) is 10.5 Å². The van der Waals surface area contributed by atoms with E-state index in [-0.39, 0.29) is 11.4 Å². The van der Waals surface area contributed by atoms with Gasteiger partial charge >= 0.3 is 0 Å². The molecule has 0 aromatic heterocycles. The van der Waals surface area contributed by atoms with Crippen LogP contribution >= 0.6 is 34.8 Å². The van der Waals surface area contributed by atoms with Crippen molar-refractivity contribution in [2.24, 2.45) is 5.10 Å². The summed E-state index contributed by atoms with van der Waals surface area (Å²) in [6, 6.07) is 18.2. The summed E-state index contributed by atoms with van der Waals surface area (Å²) in [7, 11) is -3.99. The zero-order valence-corrected chi connectivity index (χ0v) is 20.6. The Bertz CT molecular complexity index is 1260. The second-order valence-electron chi connectivity index (χ2n) is 7.15. The van der Waals surface area contributed by atoms with Crippen LogP contribution in [0.25, 0.3) is 0 Å². The summed E-state index contributed by atoms with van der Waals surface area (Å²) in [5.74, 6) is -0.617. The number of benzene rings is 3. The number of aryl methyl sites for hydroxylation is 1. The number of nitrogens with one attached hydrogen (secondary N) is 1. The summed E-state index contributed by atoms with van der Waals surface area (Å²) >= 11 is 18.0. The molecule has 3 aromatic rings. The van der Waals surface area contributed by atoms with E-state index in [0.29, 0.717) is 20.6 Å². The quantitative estimate of drug-likeness (QED) is 0.321. The molecule has 0 saturated heterocycles. The largest absolute Gasteiger partial charge is 0.272 e. The average molecular weight is 525 g/mol. The molecule has 10 heteroatoms. The van der Waals surface area contributed by atoms with Crippen LogP contribution in [0.5, 0.6) is 0 Å². The molecular weight excluding hydrogens is 505 g/mol. The molecular formula is C23H20Cl3N3O3S. The molecule has 0 spiro atoms. The van der Waals surface area contributed by atoms with Crippen LogP contribution in [0.3, 0.4) is 0 Å². The van der Waals surface area contributed by atoms with E-state index < -0.39 is 22.5 Å². The van der Waals surface area contributed by atoms with Gasteiger partial charge in [-0.05, 0) is 42.8 Å². The molecule has 1 amide bonds. The lowest BCUT2D eigenvalue weighted by Crippen LogP contribution is -2.39. The van der Waals surface area contributed by atoms with Gasteiger partial charge in [0.2, 0.25) is 10.0 Å². The molecule has 0 heterocycles. The molecule has 0 fully saturated rings. The van der Waals surface area contributed by atoms with Crippen molar-refractivity contribution in [1.82, 2.24) is 9.73 Å². The molecule has 1 N–H and O–H groups in total. The molecule has 0 bridgehead atoms. The van der Waals surface area contributed by atoms with Gasteiger partial charge in [-0.25, -0.2) is 13.8 Å². The van der Waals surface area contributed by atoms with E-state index in [4.69, 9.17) is 34.8 Å². The SMILES string of the molecule is Cc1ccc(CN(CC(=O)N/N=C\c2cccc(Cl)c2Cl)S(=O)(=O)c2ccc(Cl)cc2)cc1. The fourth-order valence-electron chi connectivity index (χ4n) is 2.87. The van der Waals surface area contributed by atoms with Crippen LogP contribution < -0.4 is 5.43 Å². The van der Waals surface area contributed by atoms with E-state index in [9.17, 15) is 13.2 Å². The first-order valence-electron chi connectivity index (χ1n) is 9.74. The van der Waals surface area contributed by atoms with Crippen LogP contribution in [0.1, 0.15) is 16.7 Å². The van der Waals surface area contributed by atoms with E-state index >= 15 is 0 Å². The zero-order chi connectivity index (χ0) is 24.0. The van der Waals surface area contributed by atoms with Gasteiger partial charge in [0.25, 0.3) is 5.91 Å². The summed E-state index contributed by atoms with van der Waals surface area (Å²) in [4.78, 5) is 12.6. The number of halogens is 3. The van der Waals surface area contributed by atoms with Gasteiger partial charge in [-0.2, -0.15) is 9.41 Å². The Morgan fingerprint density at radius 3 is 2.33 bits per heavy atom. The minimum atomic E-state index is -3.99. The minimum absolute atomic E-state index is 0.00248. The van der Waals surface area contributed by atoms with Crippen LogP contribution in [0, 0.1) is 6.92 Å². The van der Waals surface area contributed by atoms with Gasteiger partial charge in [0.1, 0.15) is 0 Å². The summed E-state index contributed by atoms with van der Waals surface area (Å²) in [5.41, 5.74) is 4.62. The summed E-state index contributed by atoms with van der Waals surface area (Å²) in [6.07, 6.45) is 1.34. The third kappa shape index (κ3) is 6.79. The maximum Gasteiger partial charge on any atom is 0.255 e. The van der Waals surface area contributed by atoms with Crippen LogP contribution in [0.15, 0.2) is 76.7 Å². The minimum Gasteiger partial charge on any atom is -0.272 e. The standard InChI is InChI=1S/C23H20Cl3N3O3S/c1-16-5-7-17(8-6-16)14-29(33(31,32)20-11-9-19(24)10-12-20)15-22(30)28-27-13-18-3-2-4-21(25)23(18)26/h2-13H,14-15H2,1H3,(H,28,30)/b27-13-. The van der Waals surface area contributed by atoms with Gasteiger partial charge in [-0.1, -0.05) is 76.8 Å². The highest BCUT2D eigenvalue weighted by Crippen LogP contribution is 2.24. The summed E-state index contributed by atoms with van der Waals surface area (Å²) in [5, 5.41) is 4.93. The Morgan fingerprint density at radius 1 is 1.00 bits per heavy atom. The number of hydrazone groups is 1. The third-order valence-corrected chi connectivity index (χ3v) is 7.52. The normalized spacial score (nSPS) is 11.8. The van der Waals surface area contributed by atoms with Crippen LogP contribution in [0.4, 0.5) is 0 Å². The molecule has 0 radical (unpaired) electrons. The van der Waals surface area contributed by atoms with Crippen molar-refractivity contribution in [2.45, 2.75) is 18.4 Å². The highest BCUT2D eigenvalue weighted by atomic mass is 35.5. The van der Waals surface area contributed by atoms with Gasteiger partial charge < -0.3 is 0 Å². The second-order valence-corrected chi connectivity index (χ2v) is 10.3. The Labute approximate surface area is 207 Å². The predicted octanol–water partition coefficient (Wildman–Crippen LogP) is 5.30. The summed E-state index contributed by atoms with van der Waals surface area (Å²) in [6.45, 7) is 1.49. The molecule has 172 valence electrons. The third-order valence-electron chi connectivity index (χ3n) is 4.63. The van der Waals surface area contributed by atoms with Crippen molar-refractivity contribution < 1.29 is 13.2 Å². The van der Waals surface area contributed by atoms with Crippen LogP contribution in [0.2, 0.25) is 15.1 Å². The predicted molar refractivity (Wildman–Crippen MR) is 132 cm³/mol. The number of hydrogen-bond donors (Lipinski definition) is 1. The summed E-state index contributed by atoms with van der Waals surface area (Å²) < 4.78 is 27.6. The molecule has 0 aliphatic heterocycles. The Hall–Kier alpha value is -2.42. The molecule has 0 aliphatic carbocycles. The number of nitrogens with zero attached hydrogens (tertiary/aromatic N) is 2. The molecule has 6 nitrogen and oxygen atoms in total. The lowest BCUT2D eigenvalue weighted by molar-refractivity contribution is -0.121. The van der Waals surface area contributed by atoms with Crippen molar-refractivity contribution >= 4 is 56.9 Å². The second kappa shape index (κ2) is 11.1. The van der Waals surface area contributed by atoms with Crippen molar-refractivity contribution in [3.8, 4) is 0 Å². The first kappa shape index (κ1) is 25.2. The molecule has 3 aromatic carbocycles. The fraction of sp³-hybridized carbons (Fsp3) is 0.130. The van der Waals surface area contributed by atoms with Gasteiger partial charge in [-0.3, -0.25) is 4.79 Å². The van der Waals surface area contributed by atoms with Crippen molar-refractivity contribution in [3.05, 3.63) is 98.5 Å². The van der Waals surface area contributed by atoms with Crippen LogP contribution in [-0.4, -0.2) is 31.4 Å². The topological polar surface area (TPSA) is 78.8 Å². The average Bonchev–Trinajstić information content (AvgIpc) is 2.78. The highest BCUT2D eigenvalue weighted by molar-refractivity contribution is 7.89. The molecule has 33 heavy (non-hydrogen) atoms. The molecule has 3 rings (SSSR count). The number of rotatable bonds is 8. The van der Waals surface area contributed by atoms with Crippen molar-refractivity contribution in [1.29, 1.82) is 0 Å². The fourth-order valence-corrected chi connectivity index (χ4v) is 4.74. The van der Waals surface area contributed by atoms with E-state index in [1.807, 2.05) is 31.2 Å². The number of carbonyl (C=O) groups excluding carboxylic acids is 1. The maximum absolute atomic E-state index is 13.3. The van der Waals surface area contributed by atoms with Crippen molar-refractivity contribution in [3.63, 3.8) is 0 Å². The first-order valence-corrected chi connectivity index (χ1v) is 12.3. The zero-order valence-electron chi connectivity index (χ0n) is 17.5. The maximum atomic E-state index is 13.3. The van der Waals surface area contributed by atoms with Crippen LogP contribution in [-0.2, 0) is 21.4 Å². The smallest absolute Gasteiger partial charge is 0.255 e. The lowest BCUT2D eigenvalue weighted by atomic mass is 10.1. The lowest BCUT2D eigenvalue weighted by Gasteiger charge is -2.21. The van der Waals surface area contributed by atoms with Gasteiger partial charge in [-0.15, -0.1) is 0 Å². The monoisotopic (exact) mass is 523 g/mol. The van der Waals surface area contributed by atoms with E-state index in [0.717, 1.165) is 15.4 Å². The number of sulfonamides is 1. The molecule has 0 aliphatic rings. The van der Waals surface area contributed by atoms with Gasteiger partial charge in [0.15, 0.2) is 0 Å². The number of carbonyl (C=O) groups is 1. The highest BCUT2D eigenvalue weighted by Gasteiger charge is 2.27. The Balaban J connectivity index is 1.80. The molecule has 0 atom stereocenters. The number of amides is 1. The van der Waals surface area contributed by atoms with Gasteiger partial charge in [0.05, 0.1) is 27.7 Å². The Kier molecular flexibility index (Phi) is 8.51. The number of hydrogen-bond acceptors (Lipinski definition) is 4. The van der Waals surface area contributed by atoms with E-state index in [1.54, 1.807) is 18.2 Å². The first-order chi connectivity index (χ1) is 15.7. The van der Waals surface area contributed by atoms with Crippen molar-refractivity contribution in [2.75, 3.05) is 6.54 Å². The van der Waals surface area contributed by atoms with E-state index in [1.165, 1.54) is 30.5 Å². The molecule has 0 saturated carbocycles. The van der Waals surface area contributed by atoms with Gasteiger partial charge in [0, 0.05) is 17.1 Å².